The molecule has 0 aromatic rings. The molecule has 0 saturated carbocycles. The summed E-state index contributed by atoms with van der Waals surface area (Å²) in [6, 6.07) is 0. The lowest BCUT2D eigenvalue weighted by Crippen LogP contribution is -2.33. The Morgan fingerprint density at radius 1 is 1.11 bits per heavy atom. The molecule has 8 nitrogen and oxygen atoms in total. The molecule has 0 aliphatic carbocycles. The highest BCUT2D eigenvalue weighted by Gasteiger charge is 2.61. The average Bonchev–Trinajstić information content (AvgIpc) is 2.19. The third-order valence-corrected chi connectivity index (χ3v) is 6.54. The minimum atomic E-state index is -5.14. The molecule has 0 aromatic carbocycles. The van der Waals surface area contributed by atoms with Crippen LogP contribution in [0.2, 0.25) is 0 Å². The first kappa shape index (κ1) is 18.2. The average molecular weight is 307 g/mol. The molecule has 0 amide bonds. The molecule has 0 rings (SSSR count). The van der Waals surface area contributed by atoms with E-state index in [2.05, 4.69) is 0 Å². The van der Waals surface area contributed by atoms with Crippen LogP contribution < -0.4 is 5.73 Å². The minimum absolute atomic E-state index is 0.0440. The van der Waals surface area contributed by atoms with E-state index in [1.165, 1.54) is 0 Å². The van der Waals surface area contributed by atoms with Crippen LogP contribution >= 0.6 is 15.2 Å². The van der Waals surface area contributed by atoms with E-state index in [0.717, 1.165) is 0 Å². The van der Waals surface area contributed by atoms with Crippen molar-refractivity contribution < 1.29 is 33.4 Å². The molecule has 0 fully saturated rings. The van der Waals surface area contributed by atoms with E-state index in [-0.39, 0.29) is 19.6 Å². The Morgan fingerprint density at radius 3 is 1.94 bits per heavy atom. The van der Waals surface area contributed by atoms with Gasteiger partial charge in [-0.25, -0.2) is 0 Å². The lowest BCUT2D eigenvalue weighted by atomic mass is 10.3. The van der Waals surface area contributed by atoms with Crippen molar-refractivity contribution in [2.45, 2.75) is 37.7 Å². The van der Waals surface area contributed by atoms with Crippen LogP contribution in [0.5, 0.6) is 0 Å². The number of nitrogens with two attached hydrogens (primary N) is 1. The Kier molecular flexibility index (Phi) is 7.21. The van der Waals surface area contributed by atoms with Gasteiger partial charge in [0.1, 0.15) is 0 Å². The monoisotopic (exact) mass is 307 g/mol. The maximum absolute atomic E-state index is 11.4. The standard InChI is InChI=1S/C8H21NO7P2/c1-2-3-7-16-8(5-4-6-9,17(10,11)12)18(13,14)15/h2-7,9H2,1H3,(H2,10,11,12)(H2,13,14,15)/i1+2. The predicted octanol–water partition coefficient (Wildman–Crippen LogP) is 0.551. The van der Waals surface area contributed by atoms with Crippen molar-refractivity contribution in [1.82, 2.24) is 0 Å². The number of ether oxygens (including phenoxy) is 1. The second-order valence-electron chi connectivity index (χ2n) is 3.93. The number of unbranched alkanes of at least 4 members (excludes halogenated alkanes) is 1. The Balaban J connectivity index is 5.29. The summed E-state index contributed by atoms with van der Waals surface area (Å²) in [7, 11) is -10.3. The zero-order valence-corrected chi connectivity index (χ0v) is 12.0. The van der Waals surface area contributed by atoms with Gasteiger partial charge in [-0.3, -0.25) is 9.13 Å². The van der Waals surface area contributed by atoms with Gasteiger partial charge in [0.15, 0.2) is 0 Å². The summed E-state index contributed by atoms with van der Waals surface area (Å²) in [5.41, 5.74) is 5.22. The minimum Gasteiger partial charge on any atom is -0.352 e. The SMILES string of the molecule is [14CH3]CCCOC(CCCN)(P(=O)(O)O)P(=O)(O)O. The summed E-state index contributed by atoms with van der Waals surface area (Å²) in [6.07, 6.45) is 0.684. The van der Waals surface area contributed by atoms with Crippen LogP contribution in [0.3, 0.4) is 0 Å². The van der Waals surface area contributed by atoms with E-state index in [1.807, 2.05) is 6.92 Å². The molecular weight excluding hydrogens is 286 g/mol. The quantitative estimate of drug-likeness (QED) is 0.306. The zero-order valence-electron chi connectivity index (χ0n) is 10.2. The van der Waals surface area contributed by atoms with E-state index in [4.69, 9.17) is 10.5 Å². The van der Waals surface area contributed by atoms with Gasteiger partial charge in [-0.15, -0.1) is 0 Å². The van der Waals surface area contributed by atoms with Crippen LogP contribution in [0.15, 0.2) is 0 Å². The summed E-state index contributed by atoms with van der Waals surface area (Å²) in [6.45, 7) is 1.75. The zero-order chi connectivity index (χ0) is 14.4. The van der Waals surface area contributed by atoms with Crippen LogP contribution in [-0.2, 0) is 13.9 Å². The number of hydrogen-bond acceptors (Lipinski definition) is 4. The van der Waals surface area contributed by atoms with Crippen molar-refractivity contribution in [2.24, 2.45) is 5.73 Å². The summed E-state index contributed by atoms with van der Waals surface area (Å²) in [5.74, 6) is 0. The van der Waals surface area contributed by atoms with E-state index in [0.29, 0.717) is 12.8 Å². The Morgan fingerprint density at radius 2 is 1.61 bits per heavy atom. The Labute approximate surface area is 106 Å². The highest BCUT2D eigenvalue weighted by Crippen LogP contribution is 2.71. The van der Waals surface area contributed by atoms with E-state index in [9.17, 15) is 28.7 Å². The second-order valence-corrected chi connectivity index (χ2v) is 7.90. The molecule has 0 unspecified atom stereocenters. The van der Waals surface area contributed by atoms with Crippen molar-refractivity contribution in [2.75, 3.05) is 13.2 Å². The van der Waals surface area contributed by atoms with E-state index < -0.39 is 26.7 Å². The molecule has 0 aromatic heterocycles. The van der Waals surface area contributed by atoms with Crippen molar-refractivity contribution in [3.8, 4) is 0 Å². The highest BCUT2D eigenvalue weighted by atomic mass is 31.2. The van der Waals surface area contributed by atoms with Crippen molar-refractivity contribution in [1.29, 1.82) is 0 Å². The lowest BCUT2D eigenvalue weighted by Gasteiger charge is -2.34. The number of rotatable bonds is 9. The van der Waals surface area contributed by atoms with E-state index in [1.54, 1.807) is 0 Å². The maximum atomic E-state index is 11.4. The molecule has 0 spiro atoms. The molecule has 0 atom stereocenters. The first-order valence-electron chi connectivity index (χ1n) is 5.57. The molecule has 0 radical (unpaired) electrons. The fourth-order valence-electron chi connectivity index (χ4n) is 1.41. The molecule has 0 aliphatic heterocycles. The predicted molar refractivity (Wildman–Crippen MR) is 66.0 cm³/mol. The molecule has 110 valence electrons. The largest absolute Gasteiger partial charge is 0.369 e. The summed E-state index contributed by atoms with van der Waals surface area (Å²) in [5, 5.41) is -2.77. The third kappa shape index (κ3) is 4.40. The van der Waals surface area contributed by atoms with Gasteiger partial charge in [-0.2, -0.15) is 0 Å². The smallest absolute Gasteiger partial charge is 0.352 e. The fraction of sp³-hybridized carbons (Fsp3) is 1.00. The summed E-state index contributed by atoms with van der Waals surface area (Å²) in [4.78, 5) is 37.0. The molecule has 18 heavy (non-hydrogen) atoms. The molecule has 6 N–H and O–H groups in total. The van der Waals surface area contributed by atoms with Crippen molar-refractivity contribution in [3.05, 3.63) is 0 Å². The highest BCUT2D eigenvalue weighted by molar-refractivity contribution is 7.72. The van der Waals surface area contributed by atoms with Gasteiger partial charge in [-0.05, 0) is 19.4 Å². The van der Waals surface area contributed by atoms with Gasteiger partial charge < -0.3 is 30.0 Å². The van der Waals surface area contributed by atoms with Crippen LogP contribution in [0.1, 0.15) is 32.6 Å². The summed E-state index contributed by atoms with van der Waals surface area (Å²) < 4.78 is 27.8. The Bertz CT molecular complexity index is 314. The first-order chi connectivity index (χ1) is 8.12. The van der Waals surface area contributed by atoms with Crippen LogP contribution in [0, 0.1) is 0 Å². The molecule has 0 heterocycles. The van der Waals surface area contributed by atoms with E-state index >= 15 is 0 Å². The second kappa shape index (κ2) is 7.12. The molecular formula is C8H21NO7P2. The molecule has 0 aliphatic rings. The molecule has 0 saturated heterocycles. The maximum Gasteiger partial charge on any atom is 0.369 e. The lowest BCUT2D eigenvalue weighted by molar-refractivity contribution is 0.0288. The van der Waals surface area contributed by atoms with Gasteiger partial charge in [0.25, 0.3) is 5.08 Å². The normalized spacial score (nSPS) is 13.9. The van der Waals surface area contributed by atoms with Crippen molar-refractivity contribution in [3.63, 3.8) is 0 Å². The summed E-state index contributed by atoms with van der Waals surface area (Å²) >= 11 is 0. The van der Waals surface area contributed by atoms with Gasteiger partial charge in [0, 0.05) is 13.0 Å². The fourth-order valence-corrected chi connectivity index (χ4v) is 4.19. The van der Waals surface area contributed by atoms with Gasteiger partial charge in [0.2, 0.25) is 0 Å². The molecule has 0 bridgehead atoms. The van der Waals surface area contributed by atoms with Crippen LogP contribution in [-0.4, -0.2) is 37.8 Å². The topological polar surface area (TPSA) is 150 Å². The van der Waals surface area contributed by atoms with Gasteiger partial charge in [0.05, 0.1) is 0 Å². The van der Waals surface area contributed by atoms with Crippen molar-refractivity contribution >= 4 is 15.2 Å². The van der Waals surface area contributed by atoms with Crippen LogP contribution in [0.4, 0.5) is 0 Å². The third-order valence-electron chi connectivity index (χ3n) is 2.45. The first-order valence-corrected chi connectivity index (χ1v) is 8.80. The van der Waals surface area contributed by atoms with Crippen LogP contribution in [0.25, 0.3) is 0 Å². The van der Waals surface area contributed by atoms with Gasteiger partial charge >= 0.3 is 15.2 Å². The molecule has 10 heteroatoms. The Hall–Kier alpha value is 0.220. The number of hydrogen-bond donors (Lipinski definition) is 5. The van der Waals surface area contributed by atoms with Gasteiger partial charge in [-0.1, -0.05) is 13.3 Å².